The van der Waals surface area contributed by atoms with E-state index in [1.807, 2.05) is 20.8 Å². The lowest BCUT2D eigenvalue weighted by Crippen LogP contribution is -2.55. The summed E-state index contributed by atoms with van der Waals surface area (Å²) in [5.74, 6) is -0.907. The minimum atomic E-state index is -4.16. The third kappa shape index (κ3) is 7.97. The molecule has 208 valence electrons. The number of sulfonamides is 1. The Morgan fingerprint density at radius 2 is 1.56 bits per heavy atom. The average Bonchev–Trinajstić information content (AvgIpc) is 2.87. The molecule has 7 nitrogen and oxygen atoms in total. The summed E-state index contributed by atoms with van der Waals surface area (Å²) in [7, 11) is -4.16. The first-order valence-corrected chi connectivity index (χ1v) is 14.7. The number of anilines is 1. The van der Waals surface area contributed by atoms with Gasteiger partial charge in [-0.15, -0.1) is 0 Å². The van der Waals surface area contributed by atoms with Gasteiger partial charge in [0.05, 0.1) is 10.6 Å². The second-order valence-electron chi connectivity index (χ2n) is 10.1. The number of carbonyl (C=O) groups is 2. The number of halogens is 2. The van der Waals surface area contributed by atoms with Crippen LogP contribution in [-0.2, 0) is 26.2 Å². The van der Waals surface area contributed by atoms with Crippen LogP contribution in [0.5, 0.6) is 0 Å². The number of nitrogens with zero attached hydrogens (tertiary/aromatic N) is 2. The summed E-state index contributed by atoms with van der Waals surface area (Å²) < 4.78 is 28.6. The molecule has 0 radical (unpaired) electrons. The van der Waals surface area contributed by atoms with Gasteiger partial charge in [0, 0.05) is 22.1 Å². The summed E-state index contributed by atoms with van der Waals surface area (Å²) in [6, 6.07) is 20.3. The first kappa shape index (κ1) is 30.5. The number of amides is 2. The number of hydrogen-bond acceptors (Lipinski definition) is 4. The Labute approximate surface area is 240 Å². The zero-order chi connectivity index (χ0) is 28.8. The minimum absolute atomic E-state index is 0.0172. The fraction of sp³-hybridized carbons (Fsp3) is 0.310. The van der Waals surface area contributed by atoms with E-state index in [1.165, 1.54) is 23.1 Å². The van der Waals surface area contributed by atoms with Gasteiger partial charge in [-0.25, -0.2) is 8.42 Å². The van der Waals surface area contributed by atoms with Crippen molar-refractivity contribution in [1.29, 1.82) is 0 Å². The first-order valence-electron chi connectivity index (χ1n) is 12.5. The van der Waals surface area contributed by atoms with Crippen molar-refractivity contribution >= 4 is 50.7 Å². The summed E-state index contributed by atoms with van der Waals surface area (Å²) >= 11 is 12.6. The maximum absolute atomic E-state index is 14.0. The molecule has 0 saturated carbocycles. The van der Waals surface area contributed by atoms with Gasteiger partial charge in [-0.1, -0.05) is 72.6 Å². The molecular formula is C29H33Cl2N3O4S. The van der Waals surface area contributed by atoms with Crippen LogP contribution in [0.1, 0.15) is 39.7 Å². The van der Waals surface area contributed by atoms with Crippen LogP contribution in [-0.4, -0.2) is 43.3 Å². The van der Waals surface area contributed by atoms with Crippen molar-refractivity contribution in [3.63, 3.8) is 0 Å². The lowest BCUT2D eigenvalue weighted by atomic mass is 10.1. The van der Waals surface area contributed by atoms with Crippen molar-refractivity contribution in [3.8, 4) is 0 Å². The molecular weight excluding hydrogens is 557 g/mol. The molecule has 10 heteroatoms. The molecule has 0 aliphatic rings. The maximum atomic E-state index is 14.0. The van der Waals surface area contributed by atoms with Crippen molar-refractivity contribution in [3.05, 3.63) is 94.5 Å². The number of nitrogens with one attached hydrogen (secondary N) is 1. The van der Waals surface area contributed by atoms with E-state index in [-0.39, 0.29) is 23.0 Å². The molecule has 39 heavy (non-hydrogen) atoms. The van der Waals surface area contributed by atoms with Gasteiger partial charge in [0.1, 0.15) is 12.6 Å². The number of carbonyl (C=O) groups excluding carboxylic acids is 2. The Kier molecular flexibility index (Phi) is 10.0. The molecule has 0 spiro atoms. The Bertz CT molecular complexity index is 1410. The predicted molar refractivity (Wildman–Crippen MR) is 156 cm³/mol. The molecule has 0 heterocycles. The smallest absolute Gasteiger partial charge is 0.264 e. The molecule has 3 aromatic rings. The van der Waals surface area contributed by atoms with E-state index in [9.17, 15) is 18.0 Å². The van der Waals surface area contributed by atoms with Crippen LogP contribution < -0.4 is 9.62 Å². The topological polar surface area (TPSA) is 86.8 Å². The molecule has 0 aromatic heterocycles. The third-order valence-electron chi connectivity index (χ3n) is 5.89. The SMILES string of the molecule is CCC(C(=O)NC(C)(C)C)N(Cc1ccccc1Cl)C(=O)CN(c1cccc(Cl)c1)S(=O)(=O)c1ccccc1. The van der Waals surface area contributed by atoms with Crippen molar-refractivity contribution in [1.82, 2.24) is 10.2 Å². The molecule has 2 amide bonds. The molecule has 0 fully saturated rings. The highest BCUT2D eigenvalue weighted by Gasteiger charge is 2.34. The monoisotopic (exact) mass is 589 g/mol. The second-order valence-corrected chi connectivity index (χ2v) is 12.8. The van der Waals surface area contributed by atoms with E-state index in [1.54, 1.807) is 67.6 Å². The molecule has 1 N–H and O–H groups in total. The van der Waals surface area contributed by atoms with Crippen LogP contribution in [0.25, 0.3) is 0 Å². The molecule has 0 aliphatic carbocycles. The van der Waals surface area contributed by atoms with Gasteiger partial charge in [-0.05, 0) is 69.2 Å². The minimum Gasteiger partial charge on any atom is -0.350 e. The van der Waals surface area contributed by atoms with E-state index in [2.05, 4.69) is 5.32 Å². The lowest BCUT2D eigenvalue weighted by molar-refractivity contribution is -0.141. The van der Waals surface area contributed by atoms with Crippen molar-refractivity contribution in [2.75, 3.05) is 10.8 Å². The highest BCUT2D eigenvalue weighted by molar-refractivity contribution is 7.92. The van der Waals surface area contributed by atoms with E-state index < -0.39 is 34.1 Å². The first-order chi connectivity index (χ1) is 18.3. The fourth-order valence-electron chi connectivity index (χ4n) is 4.06. The van der Waals surface area contributed by atoms with Crippen LogP contribution in [0, 0.1) is 0 Å². The third-order valence-corrected chi connectivity index (χ3v) is 8.28. The van der Waals surface area contributed by atoms with Gasteiger partial charge < -0.3 is 10.2 Å². The molecule has 3 aromatic carbocycles. The molecule has 1 unspecified atom stereocenters. The average molecular weight is 591 g/mol. The molecule has 0 bridgehead atoms. The highest BCUT2D eigenvalue weighted by Crippen LogP contribution is 2.27. The van der Waals surface area contributed by atoms with E-state index in [0.29, 0.717) is 22.0 Å². The summed E-state index contributed by atoms with van der Waals surface area (Å²) in [5.41, 5.74) is 0.326. The zero-order valence-corrected chi connectivity index (χ0v) is 24.7. The van der Waals surface area contributed by atoms with Gasteiger partial charge in [0.25, 0.3) is 10.0 Å². The van der Waals surface area contributed by atoms with Gasteiger partial charge >= 0.3 is 0 Å². The maximum Gasteiger partial charge on any atom is 0.264 e. The number of hydrogen-bond donors (Lipinski definition) is 1. The van der Waals surface area contributed by atoms with Crippen LogP contribution in [0.15, 0.2) is 83.8 Å². The van der Waals surface area contributed by atoms with Gasteiger partial charge in [-0.2, -0.15) is 0 Å². The summed E-state index contributed by atoms with van der Waals surface area (Å²) in [6.45, 7) is 6.82. The van der Waals surface area contributed by atoms with E-state index in [0.717, 1.165) is 4.31 Å². The zero-order valence-electron chi connectivity index (χ0n) is 22.4. The Morgan fingerprint density at radius 3 is 2.15 bits per heavy atom. The van der Waals surface area contributed by atoms with Gasteiger partial charge in [0.2, 0.25) is 11.8 Å². The Hall–Kier alpha value is -3.07. The van der Waals surface area contributed by atoms with Crippen LogP contribution >= 0.6 is 23.2 Å². The Balaban J connectivity index is 2.08. The van der Waals surface area contributed by atoms with Crippen molar-refractivity contribution < 1.29 is 18.0 Å². The van der Waals surface area contributed by atoms with Crippen LogP contribution in [0.2, 0.25) is 10.0 Å². The van der Waals surface area contributed by atoms with E-state index in [4.69, 9.17) is 23.2 Å². The lowest BCUT2D eigenvalue weighted by Gasteiger charge is -2.35. The van der Waals surface area contributed by atoms with Crippen molar-refractivity contribution in [2.24, 2.45) is 0 Å². The Morgan fingerprint density at radius 1 is 0.923 bits per heavy atom. The largest absolute Gasteiger partial charge is 0.350 e. The highest BCUT2D eigenvalue weighted by atomic mass is 35.5. The summed E-state index contributed by atoms with van der Waals surface area (Å²) in [4.78, 5) is 28.8. The van der Waals surface area contributed by atoms with Gasteiger partial charge in [0.15, 0.2) is 0 Å². The predicted octanol–water partition coefficient (Wildman–Crippen LogP) is 5.91. The van der Waals surface area contributed by atoms with Crippen LogP contribution in [0.4, 0.5) is 5.69 Å². The van der Waals surface area contributed by atoms with E-state index >= 15 is 0 Å². The quantitative estimate of drug-likeness (QED) is 0.318. The molecule has 3 rings (SSSR count). The van der Waals surface area contributed by atoms with Crippen molar-refractivity contribution in [2.45, 2.75) is 57.1 Å². The summed E-state index contributed by atoms with van der Waals surface area (Å²) in [6.07, 6.45) is 0.306. The van der Waals surface area contributed by atoms with Gasteiger partial charge in [-0.3, -0.25) is 13.9 Å². The second kappa shape index (κ2) is 12.9. The summed E-state index contributed by atoms with van der Waals surface area (Å²) in [5, 5.41) is 3.69. The number of rotatable bonds is 10. The fourth-order valence-corrected chi connectivity index (χ4v) is 5.87. The standard InChI is InChI=1S/C29H33Cl2N3O4S/c1-5-26(28(36)32-29(2,3)4)33(19-21-12-9-10-17-25(21)31)27(35)20-34(23-14-11-13-22(30)18-23)39(37,38)24-15-7-6-8-16-24/h6-18,26H,5,19-20H2,1-4H3,(H,32,36). The molecule has 1 atom stereocenters. The van der Waals surface area contributed by atoms with Crippen LogP contribution in [0.3, 0.4) is 0 Å². The molecule has 0 saturated heterocycles. The number of benzene rings is 3. The molecule has 0 aliphatic heterocycles. The normalized spacial score (nSPS) is 12.5.